The van der Waals surface area contributed by atoms with Crippen molar-refractivity contribution >= 4 is 62.7 Å². The number of thioether (sulfide) groups is 1. The molecular formula is C27H18ClN3OS2. The molecule has 2 heterocycles. The van der Waals surface area contributed by atoms with E-state index in [2.05, 4.69) is 4.98 Å². The summed E-state index contributed by atoms with van der Waals surface area (Å²) in [5, 5.41) is 3.57. The molecule has 166 valence electrons. The summed E-state index contributed by atoms with van der Waals surface area (Å²) in [6.45, 7) is 0. The average molecular weight is 500 g/mol. The second-order valence-corrected chi connectivity index (χ2v) is 9.58. The minimum absolute atomic E-state index is 0.172. The molecule has 1 aliphatic rings. The van der Waals surface area contributed by atoms with Gasteiger partial charge < -0.3 is 0 Å². The van der Waals surface area contributed by atoms with Gasteiger partial charge in [0.25, 0.3) is 5.91 Å². The van der Waals surface area contributed by atoms with Gasteiger partial charge in [-0.05, 0) is 41.6 Å². The van der Waals surface area contributed by atoms with Crippen LogP contribution in [0.25, 0.3) is 17.3 Å². The van der Waals surface area contributed by atoms with E-state index in [0.29, 0.717) is 20.2 Å². The smallest absolute Gasteiger partial charge is 0.268 e. The van der Waals surface area contributed by atoms with Crippen molar-refractivity contribution in [1.82, 2.24) is 4.98 Å². The molecule has 1 amide bonds. The van der Waals surface area contributed by atoms with Crippen LogP contribution in [0.5, 0.6) is 0 Å². The van der Waals surface area contributed by atoms with Gasteiger partial charge in [-0.25, -0.2) is 4.98 Å². The van der Waals surface area contributed by atoms with Crippen LogP contribution in [0.15, 0.2) is 117 Å². The zero-order chi connectivity index (χ0) is 23.3. The van der Waals surface area contributed by atoms with Crippen LogP contribution in [-0.2, 0) is 4.79 Å². The van der Waals surface area contributed by atoms with Crippen LogP contribution in [-0.4, -0.2) is 16.1 Å². The monoisotopic (exact) mass is 499 g/mol. The number of carbonyl (C=O) groups excluding carboxylic acids is 1. The number of para-hydroxylation sites is 1. The molecule has 0 aliphatic carbocycles. The Morgan fingerprint density at radius 3 is 2.26 bits per heavy atom. The summed E-state index contributed by atoms with van der Waals surface area (Å²) in [4.78, 5) is 24.9. The molecule has 1 aliphatic heterocycles. The van der Waals surface area contributed by atoms with Gasteiger partial charge in [-0.3, -0.25) is 9.69 Å². The van der Waals surface area contributed by atoms with E-state index in [1.165, 1.54) is 23.1 Å². The van der Waals surface area contributed by atoms with E-state index in [0.717, 1.165) is 22.5 Å². The summed E-state index contributed by atoms with van der Waals surface area (Å²) in [5.41, 5.74) is 3.59. The number of allylic oxidation sites excluding steroid dienone is 2. The van der Waals surface area contributed by atoms with Gasteiger partial charge in [0.1, 0.15) is 0 Å². The second kappa shape index (κ2) is 10.2. The van der Waals surface area contributed by atoms with E-state index in [9.17, 15) is 4.79 Å². The van der Waals surface area contributed by atoms with E-state index >= 15 is 0 Å². The van der Waals surface area contributed by atoms with Crippen molar-refractivity contribution in [2.24, 2.45) is 4.99 Å². The maximum Gasteiger partial charge on any atom is 0.271 e. The number of aliphatic imine (C=N–C) groups is 1. The fraction of sp³-hybridized carbons (Fsp3) is 0. The van der Waals surface area contributed by atoms with Gasteiger partial charge in [-0.2, -0.15) is 4.99 Å². The number of carbonyl (C=O) groups is 1. The Morgan fingerprint density at radius 1 is 0.912 bits per heavy atom. The van der Waals surface area contributed by atoms with E-state index in [1.54, 1.807) is 11.0 Å². The molecule has 1 saturated heterocycles. The highest BCUT2D eigenvalue weighted by Gasteiger charge is 2.35. The maximum atomic E-state index is 13.4. The predicted octanol–water partition coefficient (Wildman–Crippen LogP) is 7.74. The van der Waals surface area contributed by atoms with Crippen LogP contribution in [0, 0.1) is 0 Å². The summed E-state index contributed by atoms with van der Waals surface area (Å²) in [6.07, 6.45) is 3.52. The molecule has 0 bridgehead atoms. The third kappa shape index (κ3) is 5.04. The lowest BCUT2D eigenvalue weighted by atomic mass is 10.2. The summed E-state index contributed by atoms with van der Waals surface area (Å²) in [5.74, 6) is -0.172. The number of hydrogen-bond acceptors (Lipinski definition) is 5. The SMILES string of the molecule is O=C1/C(=C/C(Cl)=C/c2ccccc2)S/C(=N/c2nc(-c3ccccc3)cs2)N1c1ccccc1. The van der Waals surface area contributed by atoms with Crippen molar-refractivity contribution in [1.29, 1.82) is 0 Å². The molecular weight excluding hydrogens is 482 g/mol. The maximum absolute atomic E-state index is 13.4. The molecule has 34 heavy (non-hydrogen) atoms. The first-order valence-electron chi connectivity index (χ1n) is 10.5. The average Bonchev–Trinajstić information content (AvgIpc) is 3.45. The molecule has 1 aromatic heterocycles. The highest BCUT2D eigenvalue weighted by molar-refractivity contribution is 8.19. The van der Waals surface area contributed by atoms with E-state index in [-0.39, 0.29) is 5.91 Å². The molecule has 7 heteroatoms. The number of aromatic nitrogens is 1. The Morgan fingerprint density at radius 2 is 1.56 bits per heavy atom. The van der Waals surface area contributed by atoms with Crippen molar-refractivity contribution in [3.63, 3.8) is 0 Å². The summed E-state index contributed by atoms with van der Waals surface area (Å²) >= 11 is 9.21. The standard InChI is InChI=1S/C27H18ClN3OS2/c28-21(16-19-10-4-1-5-11-19)17-24-25(32)31(22-14-8-3-9-15-22)27(34-24)30-26-29-23(18-33-26)20-12-6-2-7-13-20/h1-18H/b21-16-,24-17-,30-27+. The first kappa shape index (κ1) is 22.3. The van der Waals surface area contributed by atoms with Gasteiger partial charge in [0.05, 0.1) is 16.3 Å². The third-order valence-electron chi connectivity index (χ3n) is 4.95. The first-order valence-corrected chi connectivity index (χ1v) is 12.6. The molecule has 5 rings (SSSR count). The minimum atomic E-state index is -0.172. The van der Waals surface area contributed by atoms with Crippen LogP contribution in [0.2, 0.25) is 0 Å². The van der Waals surface area contributed by atoms with Gasteiger partial charge in [0.15, 0.2) is 5.17 Å². The van der Waals surface area contributed by atoms with Crippen LogP contribution in [0.4, 0.5) is 10.8 Å². The number of rotatable bonds is 5. The third-order valence-corrected chi connectivity index (χ3v) is 6.87. The molecule has 4 nitrogen and oxygen atoms in total. The van der Waals surface area contributed by atoms with Crippen LogP contribution >= 0.6 is 34.7 Å². The lowest BCUT2D eigenvalue weighted by Gasteiger charge is -2.14. The number of benzene rings is 3. The van der Waals surface area contributed by atoms with E-state index in [1.807, 2.05) is 102 Å². The van der Waals surface area contributed by atoms with Crippen molar-refractivity contribution in [3.05, 3.63) is 118 Å². The zero-order valence-corrected chi connectivity index (χ0v) is 20.2. The van der Waals surface area contributed by atoms with Gasteiger partial charge in [-0.15, -0.1) is 11.3 Å². The molecule has 3 aromatic carbocycles. The van der Waals surface area contributed by atoms with Gasteiger partial charge >= 0.3 is 0 Å². The quantitative estimate of drug-likeness (QED) is 0.264. The van der Waals surface area contributed by atoms with E-state index in [4.69, 9.17) is 16.6 Å². The molecule has 1 fully saturated rings. The highest BCUT2D eigenvalue weighted by Crippen LogP contribution is 2.38. The number of halogens is 1. The number of amides is 1. The minimum Gasteiger partial charge on any atom is -0.268 e. The Hall–Kier alpha value is -3.45. The molecule has 0 unspecified atom stereocenters. The van der Waals surface area contributed by atoms with Crippen molar-refractivity contribution in [2.75, 3.05) is 4.90 Å². The Balaban J connectivity index is 1.50. The molecule has 0 N–H and O–H groups in total. The molecule has 0 radical (unpaired) electrons. The first-order chi connectivity index (χ1) is 16.7. The normalized spacial score (nSPS) is 16.6. The van der Waals surface area contributed by atoms with Crippen LogP contribution < -0.4 is 4.90 Å². The van der Waals surface area contributed by atoms with Crippen molar-refractivity contribution < 1.29 is 4.79 Å². The predicted molar refractivity (Wildman–Crippen MR) is 145 cm³/mol. The zero-order valence-electron chi connectivity index (χ0n) is 17.8. The Labute approximate surface area is 211 Å². The fourth-order valence-corrected chi connectivity index (χ4v) is 5.39. The summed E-state index contributed by atoms with van der Waals surface area (Å²) < 4.78 is 0. The molecule has 0 spiro atoms. The Kier molecular flexibility index (Phi) is 6.72. The topological polar surface area (TPSA) is 45.6 Å². The molecule has 4 aromatic rings. The van der Waals surface area contributed by atoms with Gasteiger partial charge in [0.2, 0.25) is 5.13 Å². The molecule has 0 atom stereocenters. The van der Waals surface area contributed by atoms with E-state index < -0.39 is 0 Å². The van der Waals surface area contributed by atoms with Gasteiger partial charge in [0, 0.05) is 16.0 Å². The van der Waals surface area contributed by atoms with Crippen LogP contribution in [0.3, 0.4) is 0 Å². The van der Waals surface area contributed by atoms with Crippen molar-refractivity contribution in [2.45, 2.75) is 0 Å². The lowest BCUT2D eigenvalue weighted by molar-refractivity contribution is -0.113. The lowest BCUT2D eigenvalue weighted by Crippen LogP contribution is -2.28. The molecule has 0 saturated carbocycles. The second-order valence-electron chi connectivity index (χ2n) is 7.30. The fourth-order valence-electron chi connectivity index (χ4n) is 3.37. The van der Waals surface area contributed by atoms with Crippen LogP contribution in [0.1, 0.15) is 5.56 Å². The number of nitrogens with zero attached hydrogens (tertiary/aromatic N) is 3. The highest BCUT2D eigenvalue weighted by atomic mass is 35.5. The summed E-state index contributed by atoms with van der Waals surface area (Å²) in [6, 6.07) is 29.2. The largest absolute Gasteiger partial charge is 0.271 e. The number of thiazole rings is 1. The summed E-state index contributed by atoms with van der Waals surface area (Å²) in [7, 11) is 0. The number of amidine groups is 1. The number of hydrogen-bond donors (Lipinski definition) is 0. The Bertz CT molecular complexity index is 1400. The number of anilines is 1. The van der Waals surface area contributed by atoms with Gasteiger partial charge in [-0.1, -0.05) is 90.5 Å². The van der Waals surface area contributed by atoms with Crippen molar-refractivity contribution in [3.8, 4) is 11.3 Å².